The van der Waals surface area contributed by atoms with Gasteiger partial charge in [0.05, 0.1) is 0 Å². The third-order valence-corrected chi connectivity index (χ3v) is 10.4. The fourth-order valence-corrected chi connectivity index (χ4v) is 8.64. The number of Topliss-reactive ketones (excluding diaryl/α,β-unsaturated/α-hetero) is 1. The van der Waals surface area contributed by atoms with E-state index in [1.54, 1.807) is 0 Å². The maximum absolute atomic E-state index is 13.6. The summed E-state index contributed by atoms with van der Waals surface area (Å²) in [7, 11) is 0. The molecule has 0 heterocycles. The maximum atomic E-state index is 13.6. The molecular weight excluding hydrogens is 421 g/mol. The summed E-state index contributed by atoms with van der Waals surface area (Å²) in [6.07, 6.45) is 8.50. The number of carbonyl (C=O) groups excluding carboxylic acids is 1. The van der Waals surface area contributed by atoms with Crippen LogP contribution in [0.5, 0.6) is 0 Å². The highest BCUT2D eigenvalue weighted by Gasteiger charge is 2.32. The van der Waals surface area contributed by atoms with E-state index in [1.165, 1.54) is 25.7 Å². The van der Waals surface area contributed by atoms with Crippen molar-refractivity contribution in [3.63, 3.8) is 0 Å². The van der Waals surface area contributed by atoms with Crippen LogP contribution in [0.1, 0.15) is 58.3 Å². The Morgan fingerprint density at radius 3 is 1.45 bits per heavy atom. The molecule has 0 atom stereocenters. The van der Waals surface area contributed by atoms with Crippen LogP contribution in [-0.2, 0) is 4.79 Å². The summed E-state index contributed by atoms with van der Waals surface area (Å²) >= 11 is 0. The van der Waals surface area contributed by atoms with E-state index in [1.807, 2.05) is 54.6 Å². The molecule has 33 heavy (non-hydrogen) atoms. The molecule has 3 aromatic carbocycles. The van der Waals surface area contributed by atoms with Gasteiger partial charge in [0.1, 0.15) is 11.4 Å². The van der Waals surface area contributed by atoms with E-state index in [-0.39, 0.29) is 5.78 Å². The van der Waals surface area contributed by atoms with Crippen molar-refractivity contribution in [2.24, 2.45) is 0 Å². The van der Waals surface area contributed by atoms with E-state index in [0.29, 0.717) is 11.7 Å². The Balaban J connectivity index is 2.09. The molecule has 3 heteroatoms. The van der Waals surface area contributed by atoms with E-state index < -0.39 is 6.89 Å². The van der Waals surface area contributed by atoms with Crippen LogP contribution in [0.4, 0.5) is 0 Å². The summed E-state index contributed by atoms with van der Waals surface area (Å²) in [6, 6.07) is 32.9. The molecule has 0 aromatic heterocycles. The minimum absolute atomic E-state index is 0.00375. The lowest BCUT2D eigenvalue weighted by atomic mass is 10.1. The van der Waals surface area contributed by atoms with Gasteiger partial charge < -0.3 is 0 Å². The highest BCUT2D eigenvalue weighted by atomic mass is 31.2. The topological polar surface area (TPSA) is 40.9 Å². The van der Waals surface area contributed by atoms with Gasteiger partial charge in [-0.2, -0.15) is 5.26 Å². The Hall–Kier alpha value is -2.88. The lowest BCUT2D eigenvalue weighted by Gasteiger charge is -2.30. The summed E-state index contributed by atoms with van der Waals surface area (Å²) < 4.78 is 0. The van der Waals surface area contributed by atoms with Gasteiger partial charge in [0, 0.05) is 6.42 Å². The summed E-state index contributed by atoms with van der Waals surface area (Å²) in [5, 5.41) is 14.0. The van der Waals surface area contributed by atoms with Crippen molar-refractivity contribution < 1.29 is 4.79 Å². The average molecular weight is 456 g/mol. The third-order valence-electron chi connectivity index (χ3n) is 6.14. The molecule has 0 aliphatic rings. The van der Waals surface area contributed by atoms with Crippen molar-refractivity contribution in [1.82, 2.24) is 0 Å². The van der Waals surface area contributed by atoms with Gasteiger partial charge in [-0.15, -0.1) is 0 Å². The summed E-state index contributed by atoms with van der Waals surface area (Å²) in [6.45, 7) is -0.362. The lowest BCUT2D eigenvalue weighted by Crippen LogP contribution is -2.33. The molecule has 170 valence electrons. The zero-order valence-corrected chi connectivity index (χ0v) is 20.5. The zero-order valence-electron chi connectivity index (χ0n) is 19.6. The highest BCUT2D eigenvalue weighted by Crippen LogP contribution is 2.46. The molecule has 0 unspecified atom stereocenters. The van der Waals surface area contributed by atoms with Crippen LogP contribution in [0.3, 0.4) is 0 Å². The van der Waals surface area contributed by atoms with Crippen molar-refractivity contribution in [2.45, 2.75) is 58.3 Å². The number of hydrogen-bond acceptors (Lipinski definition) is 2. The fourth-order valence-electron chi connectivity index (χ4n) is 4.47. The van der Waals surface area contributed by atoms with Gasteiger partial charge in [-0.3, -0.25) is 4.79 Å². The second-order valence-corrected chi connectivity index (χ2v) is 11.8. The van der Waals surface area contributed by atoms with Crippen LogP contribution in [0.15, 0.2) is 91.0 Å². The van der Waals surface area contributed by atoms with Crippen LogP contribution in [0.2, 0.25) is 0 Å². The molecule has 0 bridgehead atoms. The van der Waals surface area contributed by atoms with Crippen LogP contribution in [0, 0.1) is 11.3 Å². The van der Waals surface area contributed by atoms with Crippen molar-refractivity contribution in [1.29, 1.82) is 5.26 Å². The van der Waals surface area contributed by atoms with Crippen molar-refractivity contribution in [3.8, 4) is 6.07 Å². The first kappa shape index (κ1) is 24.8. The second kappa shape index (κ2) is 13.0. The van der Waals surface area contributed by atoms with E-state index in [4.69, 9.17) is 0 Å². The number of ketones is 1. The van der Waals surface area contributed by atoms with Crippen molar-refractivity contribution in [3.05, 3.63) is 91.0 Å². The Morgan fingerprint density at radius 1 is 0.667 bits per heavy atom. The summed E-state index contributed by atoms with van der Waals surface area (Å²) in [5.41, 5.74) is 0. The lowest BCUT2D eigenvalue weighted by molar-refractivity contribution is -0.112. The minimum Gasteiger partial charge on any atom is -0.293 e. The third kappa shape index (κ3) is 5.93. The van der Waals surface area contributed by atoms with Crippen molar-refractivity contribution in [2.75, 3.05) is 0 Å². The Labute approximate surface area is 199 Å². The van der Waals surface area contributed by atoms with Gasteiger partial charge in [-0.05, 0) is 29.2 Å². The number of hydrogen-bond donors (Lipinski definition) is 0. The molecule has 0 amide bonds. The van der Waals surface area contributed by atoms with E-state index in [2.05, 4.69) is 49.4 Å². The van der Waals surface area contributed by atoms with Crippen LogP contribution in [0.25, 0.3) is 0 Å². The SMILES string of the molecule is CCCCCCCCCC(=O)C(C#N)=P(c1ccccc1)(c1ccccc1)c1ccccc1. The first-order valence-corrected chi connectivity index (χ1v) is 13.9. The predicted octanol–water partition coefficient (Wildman–Crippen LogP) is 6.39. The molecule has 3 aromatic rings. The number of carbonyl (C=O) groups is 1. The molecular formula is C30H34NOP. The maximum Gasteiger partial charge on any atom is 0.174 e. The van der Waals surface area contributed by atoms with E-state index in [0.717, 1.165) is 35.2 Å². The molecule has 2 nitrogen and oxygen atoms in total. The summed E-state index contributed by atoms with van der Waals surface area (Å²) in [4.78, 5) is 13.6. The smallest absolute Gasteiger partial charge is 0.174 e. The van der Waals surface area contributed by atoms with Crippen molar-refractivity contribution >= 4 is 33.9 Å². The molecule has 0 aliphatic carbocycles. The molecule has 0 spiro atoms. The van der Waals surface area contributed by atoms with Gasteiger partial charge in [0.15, 0.2) is 5.78 Å². The quantitative estimate of drug-likeness (QED) is 0.235. The monoisotopic (exact) mass is 455 g/mol. The number of rotatable bonds is 12. The van der Waals surface area contributed by atoms with Gasteiger partial charge in [0.25, 0.3) is 0 Å². The first-order valence-electron chi connectivity index (χ1n) is 12.1. The number of benzene rings is 3. The first-order chi connectivity index (χ1) is 16.2. The highest BCUT2D eigenvalue weighted by molar-refractivity contribution is 7.96. The van der Waals surface area contributed by atoms with Crippen LogP contribution in [-0.4, -0.2) is 11.1 Å². The Morgan fingerprint density at radius 2 is 1.06 bits per heavy atom. The largest absolute Gasteiger partial charge is 0.293 e. The molecule has 3 rings (SSSR count). The normalized spacial score (nSPS) is 11.0. The molecule has 0 saturated carbocycles. The van der Waals surface area contributed by atoms with Gasteiger partial charge >= 0.3 is 0 Å². The molecule has 0 aliphatic heterocycles. The Bertz CT molecular complexity index is 995. The summed E-state index contributed by atoms with van der Waals surface area (Å²) in [5.74, 6) is -0.00375. The number of unbranched alkanes of at least 4 members (excludes halogenated alkanes) is 6. The van der Waals surface area contributed by atoms with Crippen LogP contribution >= 0.6 is 6.89 Å². The standard InChI is InChI=1S/C30H34NOP/c1-2-3-4-5-6-7-17-24-29(32)30(25-31)33(26-18-11-8-12-19-26,27-20-13-9-14-21-27)28-22-15-10-16-23-28/h8-16,18-23H,2-7,17,24H2,1H3. The second-order valence-electron chi connectivity index (χ2n) is 8.43. The number of nitriles is 1. The van der Waals surface area contributed by atoms with Gasteiger partial charge in [0.2, 0.25) is 0 Å². The van der Waals surface area contributed by atoms with Gasteiger partial charge in [-0.1, -0.05) is 136 Å². The average Bonchev–Trinajstić information content (AvgIpc) is 2.88. The van der Waals surface area contributed by atoms with E-state index in [9.17, 15) is 10.1 Å². The molecule has 0 fully saturated rings. The molecule has 0 saturated heterocycles. The molecule has 0 N–H and O–H groups in total. The molecule has 0 radical (unpaired) electrons. The van der Waals surface area contributed by atoms with Crippen LogP contribution < -0.4 is 15.9 Å². The fraction of sp³-hybridized carbons (Fsp3) is 0.300. The van der Waals surface area contributed by atoms with Gasteiger partial charge in [-0.25, -0.2) is 0 Å². The Kier molecular flexibility index (Phi) is 9.74. The van der Waals surface area contributed by atoms with E-state index >= 15 is 0 Å². The number of nitrogens with zero attached hydrogens (tertiary/aromatic N) is 1. The minimum atomic E-state index is -2.58. The zero-order chi connectivity index (χ0) is 23.4. The predicted molar refractivity (Wildman–Crippen MR) is 143 cm³/mol.